The Morgan fingerprint density at radius 2 is 2.00 bits per heavy atom. The van der Waals surface area contributed by atoms with Crippen LogP contribution >= 0.6 is 0 Å². The van der Waals surface area contributed by atoms with Crippen molar-refractivity contribution in [1.29, 1.82) is 0 Å². The van der Waals surface area contributed by atoms with Crippen LogP contribution in [-0.2, 0) is 9.47 Å². The lowest BCUT2D eigenvalue weighted by atomic mass is 9.87. The molecule has 1 N–H and O–H groups in total. The van der Waals surface area contributed by atoms with Gasteiger partial charge < -0.3 is 14.6 Å². The highest BCUT2D eigenvalue weighted by atomic mass is 16.6. The summed E-state index contributed by atoms with van der Waals surface area (Å²) < 4.78 is 11.2. The molecule has 0 aliphatic carbocycles. The Labute approximate surface area is 135 Å². The molecule has 1 aliphatic rings. The number of carbonyl (C=O) groups is 1. The highest BCUT2D eigenvalue weighted by molar-refractivity contribution is 5.69. The maximum Gasteiger partial charge on any atom is 0.410 e. The first kappa shape index (κ1) is 19.2. The van der Waals surface area contributed by atoms with Crippen molar-refractivity contribution in [3.63, 3.8) is 0 Å². The molecule has 0 aromatic carbocycles. The molecule has 1 amide bonds. The van der Waals surface area contributed by atoms with Gasteiger partial charge in [-0.05, 0) is 40.5 Å². The van der Waals surface area contributed by atoms with Gasteiger partial charge in [0.15, 0.2) is 0 Å². The minimum Gasteiger partial charge on any atom is -0.444 e. The van der Waals surface area contributed by atoms with Crippen LogP contribution in [-0.4, -0.2) is 53.1 Å². The standard InChI is InChI=1S/C17H33NO4/c1-7-9-15(19)13(8-2)14-11-21-10-12(3)18(14)16(20)22-17(4,5)6/h12-15,19H,7-11H2,1-6H3. The highest BCUT2D eigenvalue weighted by Crippen LogP contribution is 2.28. The van der Waals surface area contributed by atoms with E-state index in [1.54, 1.807) is 4.90 Å². The van der Waals surface area contributed by atoms with E-state index in [-0.39, 0.29) is 24.1 Å². The fraction of sp³-hybridized carbons (Fsp3) is 0.941. The lowest BCUT2D eigenvalue weighted by Gasteiger charge is -2.45. The van der Waals surface area contributed by atoms with E-state index in [0.29, 0.717) is 13.2 Å². The Morgan fingerprint density at radius 3 is 2.50 bits per heavy atom. The zero-order valence-corrected chi connectivity index (χ0v) is 15.0. The van der Waals surface area contributed by atoms with Gasteiger partial charge in [-0.3, -0.25) is 4.90 Å². The van der Waals surface area contributed by atoms with E-state index in [9.17, 15) is 9.90 Å². The fourth-order valence-corrected chi connectivity index (χ4v) is 3.12. The molecule has 5 heteroatoms. The highest BCUT2D eigenvalue weighted by Gasteiger charge is 2.41. The summed E-state index contributed by atoms with van der Waals surface area (Å²) in [6, 6.07) is -0.179. The quantitative estimate of drug-likeness (QED) is 0.846. The molecule has 1 aliphatic heterocycles. The maximum atomic E-state index is 12.6. The van der Waals surface area contributed by atoms with Crippen molar-refractivity contribution in [3.8, 4) is 0 Å². The average Bonchev–Trinajstić information content (AvgIpc) is 2.37. The van der Waals surface area contributed by atoms with Crippen LogP contribution in [0.25, 0.3) is 0 Å². The molecule has 1 fully saturated rings. The van der Waals surface area contributed by atoms with Gasteiger partial charge in [0.05, 0.1) is 31.4 Å². The number of hydrogen-bond acceptors (Lipinski definition) is 4. The van der Waals surface area contributed by atoms with Crippen LogP contribution in [0.15, 0.2) is 0 Å². The molecule has 1 rings (SSSR count). The molecule has 4 atom stereocenters. The van der Waals surface area contributed by atoms with Gasteiger partial charge >= 0.3 is 6.09 Å². The zero-order chi connectivity index (χ0) is 16.9. The van der Waals surface area contributed by atoms with Crippen molar-refractivity contribution in [2.45, 2.75) is 84.6 Å². The van der Waals surface area contributed by atoms with Gasteiger partial charge in [-0.1, -0.05) is 20.3 Å². The van der Waals surface area contributed by atoms with Crippen LogP contribution in [0, 0.1) is 5.92 Å². The van der Waals surface area contributed by atoms with Gasteiger partial charge in [-0.2, -0.15) is 0 Å². The predicted molar refractivity (Wildman–Crippen MR) is 86.8 cm³/mol. The number of nitrogens with zero attached hydrogens (tertiary/aromatic N) is 1. The van der Waals surface area contributed by atoms with Gasteiger partial charge in [0.1, 0.15) is 5.60 Å². The number of ether oxygens (including phenoxy) is 2. The molecule has 1 heterocycles. The van der Waals surface area contributed by atoms with Crippen molar-refractivity contribution < 1.29 is 19.4 Å². The molecule has 0 bridgehead atoms. The lowest BCUT2D eigenvalue weighted by molar-refractivity contribution is -0.0882. The van der Waals surface area contributed by atoms with E-state index in [2.05, 4.69) is 13.8 Å². The summed E-state index contributed by atoms with van der Waals surface area (Å²) in [6.07, 6.45) is 1.74. The van der Waals surface area contributed by atoms with Crippen LogP contribution in [0.4, 0.5) is 4.79 Å². The maximum absolute atomic E-state index is 12.6. The number of rotatable bonds is 5. The minimum atomic E-state index is -0.524. The normalized spacial score (nSPS) is 25.7. The Hall–Kier alpha value is -0.810. The van der Waals surface area contributed by atoms with E-state index in [4.69, 9.17) is 9.47 Å². The second-order valence-electron chi connectivity index (χ2n) is 7.27. The first-order chi connectivity index (χ1) is 10.2. The minimum absolute atomic E-state index is 0.00946. The Morgan fingerprint density at radius 1 is 1.36 bits per heavy atom. The van der Waals surface area contributed by atoms with E-state index in [1.807, 2.05) is 27.7 Å². The number of hydrogen-bond donors (Lipinski definition) is 1. The summed E-state index contributed by atoms with van der Waals surface area (Å²) in [7, 11) is 0. The molecule has 1 saturated heterocycles. The molecular formula is C17H33NO4. The van der Waals surface area contributed by atoms with Gasteiger partial charge in [-0.15, -0.1) is 0 Å². The summed E-state index contributed by atoms with van der Waals surface area (Å²) in [5, 5.41) is 10.4. The third-order valence-corrected chi connectivity index (χ3v) is 4.13. The Bertz CT molecular complexity index is 353. The Balaban J connectivity index is 2.94. The van der Waals surface area contributed by atoms with Gasteiger partial charge in [0, 0.05) is 5.92 Å². The summed E-state index contributed by atoms with van der Waals surface area (Å²) in [6.45, 7) is 12.7. The van der Waals surface area contributed by atoms with Crippen molar-refractivity contribution in [3.05, 3.63) is 0 Å². The third-order valence-electron chi connectivity index (χ3n) is 4.13. The fourth-order valence-electron chi connectivity index (χ4n) is 3.12. The van der Waals surface area contributed by atoms with Crippen LogP contribution in [0.2, 0.25) is 0 Å². The molecule has 0 saturated carbocycles. The van der Waals surface area contributed by atoms with E-state index in [1.165, 1.54) is 0 Å². The molecule has 0 radical (unpaired) electrons. The molecule has 4 unspecified atom stereocenters. The van der Waals surface area contributed by atoms with Crippen molar-refractivity contribution >= 4 is 6.09 Å². The first-order valence-corrected chi connectivity index (χ1v) is 8.48. The summed E-state index contributed by atoms with van der Waals surface area (Å²) in [4.78, 5) is 14.4. The van der Waals surface area contributed by atoms with Gasteiger partial charge in [0.25, 0.3) is 0 Å². The zero-order valence-electron chi connectivity index (χ0n) is 15.0. The predicted octanol–water partition coefficient (Wildman–Crippen LogP) is 3.20. The molecule has 0 spiro atoms. The van der Waals surface area contributed by atoms with Crippen LogP contribution in [0.5, 0.6) is 0 Å². The summed E-state index contributed by atoms with van der Waals surface area (Å²) >= 11 is 0. The molecule has 130 valence electrons. The average molecular weight is 315 g/mol. The summed E-state index contributed by atoms with van der Waals surface area (Å²) in [5.74, 6) is 0.00946. The number of amides is 1. The first-order valence-electron chi connectivity index (χ1n) is 8.48. The number of aliphatic hydroxyl groups is 1. The third kappa shape index (κ3) is 5.13. The molecule has 0 aromatic heterocycles. The molecule has 5 nitrogen and oxygen atoms in total. The van der Waals surface area contributed by atoms with Gasteiger partial charge in [0.2, 0.25) is 0 Å². The van der Waals surface area contributed by atoms with Crippen molar-refractivity contribution in [2.24, 2.45) is 5.92 Å². The van der Waals surface area contributed by atoms with Crippen molar-refractivity contribution in [1.82, 2.24) is 4.90 Å². The van der Waals surface area contributed by atoms with Crippen LogP contribution < -0.4 is 0 Å². The second kappa shape index (κ2) is 8.16. The second-order valence-corrected chi connectivity index (χ2v) is 7.27. The van der Waals surface area contributed by atoms with Crippen LogP contribution in [0.1, 0.15) is 60.8 Å². The largest absolute Gasteiger partial charge is 0.444 e. The number of morpholine rings is 1. The van der Waals surface area contributed by atoms with Crippen LogP contribution in [0.3, 0.4) is 0 Å². The van der Waals surface area contributed by atoms with E-state index < -0.39 is 11.7 Å². The number of carbonyl (C=O) groups excluding carboxylic acids is 1. The molecule has 0 aromatic rings. The topological polar surface area (TPSA) is 59.0 Å². The monoisotopic (exact) mass is 315 g/mol. The van der Waals surface area contributed by atoms with E-state index in [0.717, 1.165) is 19.3 Å². The Kier molecular flexibility index (Phi) is 7.13. The lowest BCUT2D eigenvalue weighted by Crippen LogP contribution is -2.59. The SMILES string of the molecule is CCCC(O)C(CC)C1COCC(C)N1C(=O)OC(C)(C)C. The van der Waals surface area contributed by atoms with Crippen molar-refractivity contribution in [2.75, 3.05) is 13.2 Å². The van der Waals surface area contributed by atoms with Gasteiger partial charge in [-0.25, -0.2) is 4.79 Å². The smallest absolute Gasteiger partial charge is 0.410 e. The molecular weight excluding hydrogens is 282 g/mol. The van der Waals surface area contributed by atoms with E-state index >= 15 is 0 Å². The number of aliphatic hydroxyl groups excluding tert-OH is 1. The summed E-state index contributed by atoms with van der Waals surface area (Å²) in [5.41, 5.74) is -0.524. The molecule has 22 heavy (non-hydrogen) atoms.